The first-order valence-corrected chi connectivity index (χ1v) is 4.12. The highest BCUT2D eigenvalue weighted by atomic mass is 35.5. The molecule has 0 fully saturated rings. The summed E-state index contributed by atoms with van der Waals surface area (Å²) < 4.78 is 0. The van der Waals surface area contributed by atoms with E-state index in [2.05, 4.69) is 15.5 Å². The normalized spacial score (nSPS) is 12.1. The molecule has 6 nitrogen and oxygen atoms in total. The Hall–Kier alpha value is -1.56. The number of aliphatic carboxylic acids is 1. The number of nitrogens with zero attached hydrogens (tertiary/aromatic N) is 1. The lowest BCUT2D eigenvalue weighted by molar-refractivity contribution is -0.137. The van der Waals surface area contributed by atoms with Crippen LogP contribution in [-0.4, -0.2) is 27.3 Å². The van der Waals surface area contributed by atoms with Crippen LogP contribution in [0.3, 0.4) is 0 Å². The monoisotopic (exact) mass is 217 g/mol. The molecule has 1 aromatic heterocycles. The van der Waals surface area contributed by atoms with Crippen molar-refractivity contribution >= 4 is 23.3 Å². The fraction of sp³-hybridized carbons (Fsp3) is 0.286. The summed E-state index contributed by atoms with van der Waals surface area (Å²) in [6.45, 7) is 1.43. The number of aromatic nitrogens is 2. The van der Waals surface area contributed by atoms with Gasteiger partial charge in [0.05, 0.1) is 11.9 Å². The molecule has 14 heavy (non-hydrogen) atoms. The topological polar surface area (TPSA) is 95.1 Å². The molecule has 1 atom stereocenters. The Morgan fingerprint density at radius 3 is 3.00 bits per heavy atom. The lowest BCUT2D eigenvalue weighted by Gasteiger charge is -2.10. The third-order valence-corrected chi connectivity index (χ3v) is 1.91. The van der Waals surface area contributed by atoms with E-state index < -0.39 is 17.6 Å². The summed E-state index contributed by atoms with van der Waals surface area (Å²) in [6.07, 6.45) is 1.25. The number of halogens is 1. The van der Waals surface area contributed by atoms with E-state index in [1.807, 2.05) is 0 Å². The van der Waals surface area contributed by atoms with Gasteiger partial charge in [0.1, 0.15) is 11.1 Å². The molecular formula is C7H8ClN3O3. The molecule has 0 unspecified atom stereocenters. The molecule has 0 spiro atoms. The van der Waals surface area contributed by atoms with Crippen LogP contribution in [0.2, 0.25) is 5.02 Å². The number of carboxylic acids is 1. The van der Waals surface area contributed by atoms with Crippen molar-refractivity contribution in [2.45, 2.75) is 13.0 Å². The van der Waals surface area contributed by atoms with Gasteiger partial charge < -0.3 is 10.4 Å². The minimum Gasteiger partial charge on any atom is -0.480 e. The lowest BCUT2D eigenvalue weighted by atomic mass is 10.3. The molecule has 0 amide bonds. The molecule has 0 aliphatic carbocycles. The average Bonchev–Trinajstić information content (AvgIpc) is 2.12. The highest BCUT2D eigenvalue weighted by molar-refractivity contribution is 6.32. The van der Waals surface area contributed by atoms with Crippen molar-refractivity contribution in [1.82, 2.24) is 10.2 Å². The van der Waals surface area contributed by atoms with Gasteiger partial charge in [-0.25, -0.2) is 5.10 Å². The van der Waals surface area contributed by atoms with Crippen molar-refractivity contribution in [2.75, 3.05) is 5.32 Å². The quantitative estimate of drug-likeness (QED) is 0.677. The molecule has 3 N–H and O–H groups in total. The number of hydrogen-bond donors (Lipinski definition) is 3. The molecule has 0 aromatic carbocycles. The number of anilines is 1. The zero-order valence-electron chi connectivity index (χ0n) is 7.24. The van der Waals surface area contributed by atoms with E-state index in [0.29, 0.717) is 0 Å². The van der Waals surface area contributed by atoms with Crippen LogP contribution in [0, 0.1) is 0 Å². The number of H-pyrrole nitrogens is 1. The van der Waals surface area contributed by atoms with Gasteiger partial charge in [-0.3, -0.25) is 9.59 Å². The number of rotatable bonds is 3. The van der Waals surface area contributed by atoms with E-state index in [-0.39, 0.29) is 10.7 Å². The predicted molar refractivity (Wildman–Crippen MR) is 50.6 cm³/mol. The third-order valence-electron chi connectivity index (χ3n) is 1.54. The van der Waals surface area contributed by atoms with Crippen molar-refractivity contribution in [3.05, 3.63) is 21.6 Å². The van der Waals surface area contributed by atoms with E-state index in [1.54, 1.807) is 0 Å². The molecule has 1 rings (SSSR count). The van der Waals surface area contributed by atoms with Crippen molar-refractivity contribution in [2.24, 2.45) is 0 Å². The zero-order chi connectivity index (χ0) is 10.7. The van der Waals surface area contributed by atoms with Gasteiger partial charge in [-0.2, -0.15) is 5.10 Å². The number of hydrogen-bond acceptors (Lipinski definition) is 4. The van der Waals surface area contributed by atoms with Crippen LogP contribution in [0.25, 0.3) is 0 Å². The number of carbonyl (C=O) groups is 1. The number of nitrogens with one attached hydrogen (secondary N) is 2. The number of aromatic amines is 1. The SMILES string of the molecule is C[C@H](Nc1cn[nH]c(=O)c1Cl)C(=O)O. The molecule has 0 bridgehead atoms. The Balaban J connectivity index is 2.92. The predicted octanol–water partition coefficient (Wildman–Crippen LogP) is 0.308. The second-order valence-electron chi connectivity index (χ2n) is 2.63. The van der Waals surface area contributed by atoms with Gasteiger partial charge >= 0.3 is 5.97 Å². The average molecular weight is 218 g/mol. The van der Waals surface area contributed by atoms with Gasteiger partial charge in [-0.05, 0) is 6.92 Å². The van der Waals surface area contributed by atoms with E-state index in [9.17, 15) is 9.59 Å². The van der Waals surface area contributed by atoms with Gasteiger partial charge in [0.2, 0.25) is 0 Å². The lowest BCUT2D eigenvalue weighted by Crippen LogP contribution is -2.26. The standard InChI is InChI=1S/C7H8ClN3O3/c1-3(7(13)14)10-4-2-9-11-6(12)5(4)8/h2-3H,1H3,(H,13,14)(H2,10,11,12)/t3-/m0/s1. The van der Waals surface area contributed by atoms with E-state index in [0.717, 1.165) is 0 Å². The molecule has 7 heteroatoms. The first-order valence-electron chi connectivity index (χ1n) is 3.75. The second kappa shape index (κ2) is 4.10. The van der Waals surface area contributed by atoms with Crippen LogP contribution >= 0.6 is 11.6 Å². The van der Waals surface area contributed by atoms with Gasteiger partial charge in [0.15, 0.2) is 0 Å². The summed E-state index contributed by atoms with van der Waals surface area (Å²) in [6, 6.07) is -0.837. The maximum absolute atomic E-state index is 11.0. The van der Waals surface area contributed by atoms with Crippen molar-refractivity contribution in [3.63, 3.8) is 0 Å². The van der Waals surface area contributed by atoms with E-state index >= 15 is 0 Å². The number of carboxylic acid groups (broad SMARTS) is 1. The summed E-state index contributed by atoms with van der Waals surface area (Å²) in [5.41, 5.74) is -0.362. The van der Waals surface area contributed by atoms with Crippen molar-refractivity contribution in [3.8, 4) is 0 Å². The van der Waals surface area contributed by atoms with Gasteiger partial charge in [-0.15, -0.1) is 0 Å². The van der Waals surface area contributed by atoms with Crippen LogP contribution in [-0.2, 0) is 4.79 Å². The van der Waals surface area contributed by atoms with Crippen molar-refractivity contribution < 1.29 is 9.90 Å². The Morgan fingerprint density at radius 2 is 2.43 bits per heavy atom. The van der Waals surface area contributed by atoms with Crippen LogP contribution in [0.1, 0.15) is 6.92 Å². The summed E-state index contributed by atoms with van der Waals surface area (Å²) in [7, 11) is 0. The molecule has 0 saturated heterocycles. The minimum absolute atomic E-state index is 0.104. The third kappa shape index (κ3) is 2.23. The molecule has 0 radical (unpaired) electrons. The fourth-order valence-corrected chi connectivity index (χ4v) is 0.925. The minimum atomic E-state index is -1.04. The molecular weight excluding hydrogens is 210 g/mol. The van der Waals surface area contributed by atoms with Crippen LogP contribution in [0.5, 0.6) is 0 Å². The van der Waals surface area contributed by atoms with Crippen molar-refractivity contribution in [1.29, 1.82) is 0 Å². The highest BCUT2D eigenvalue weighted by Crippen LogP contribution is 2.15. The zero-order valence-corrected chi connectivity index (χ0v) is 8.00. The first-order chi connectivity index (χ1) is 6.52. The molecule has 1 aromatic rings. The Bertz CT molecular complexity index is 403. The maximum atomic E-state index is 11.0. The Kier molecular flexibility index (Phi) is 3.08. The summed E-state index contributed by atoms with van der Waals surface area (Å²) in [5.74, 6) is -1.04. The van der Waals surface area contributed by atoms with Gasteiger partial charge in [0.25, 0.3) is 5.56 Å². The van der Waals surface area contributed by atoms with E-state index in [4.69, 9.17) is 16.7 Å². The summed E-state index contributed by atoms with van der Waals surface area (Å²) in [4.78, 5) is 21.4. The van der Waals surface area contributed by atoms with Crippen LogP contribution in [0.4, 0.5) is 5.69 Å². The maximum Gasteiger partial charge on any atom is 0.325 e. The summed E-state index contributed by atoms with van der Waals surface area (Å²) in [5, 5.41) is 16.6. The highest BCUT2D eigenvalue weighted by Gasteiger charge is 2.13. The van der Waals surface area contributed by atoms with Gasteiger partial charge in [-0.1, -0.05) is 11.6 Å². The molecule has 0 saturated carbocycles. The summed E-state index contributed by atoms with van der Waals surface area (Å²) >= 11 is 5.60. The first kappa shape index (κ1) is 10.5. The molecule has 0 aliphatic heterocycles. The van der Waals surface area contributed by atoms with Crippen LogP contribution in [0.15, 0.2) is 11.0 Å². The van der Waals surface area contributed by atoms with E-state index in [1.165, 1.54) is 13.1 Å². The largest absolute Gasteiger partial charge is 0.480 e. The van der Waals surface area contributed by atoms with Gasteiger partial charge in [0, 0.05) is 0 Å². The fourth-order valence-electron chi connectivity index (χ4n) is 0.779. The molecule has 76 valence electrons. The molecule has 1 heterocycles. The smallest absolute Gasteiger partial charge is 0.325 e. The molecule has 0 aliphatic rings. The Labute approximate surface area is 83.9 Å². The second-order valence-corrected chi connectivity index (χ2v) is 3.01. The Morgan fingerprint density at radius 1 is 1.79 bits per heavy atom. The van der Waals surface area contributed by atoms with Crippen LogP contribution < -0.4 is 10.9 Å².